The molecule has 3 aromatic carbocycles. The van der Waals surface area contributed by atoms with Gasteiger partial charge in [-0.3, -0.25) is 9.59 Å². The largest absolute Gasteiger partial charge is 0.339 e. The Labute approximate surface area is 197 Å². The van der Waals surface area contributed by atoms with Gasteiger partial charge in [0.2, 0.25) is 5.91 Å². The number of carbonyl (C=O) groups excluding carboxylic acids is 2. The van der Waals surface area contributed by atoms with Crippen molar-refractivity contribution in [3.63, 3.8) is 0 Å². The normalized spacial score (nSPS) is 14.4. The first-order valence-electron chi connectivity index (χ1n) is 11.2. The van der Waals surface area contributed by atoms with Gasteiger partial charge in [0.15, 0.2) is 5.13 Å². The summed E-state index contributed by atoms with van der Waals surface area (Å²) in [6.45, 7) is 3.12. The number of carbonyl (C=O) groups is 2. The lowest BCUT2D eigenvalue weighted by atomic mass is 9.95. The number of fused-ring (bicyclic) bond motifs is 1. The molecule has 1 aliphatic rings. The summed E-state index contributed by atoms with van der Waals surface area (Å²) in [5.74, 6) is -0.0970. The van der Waals surface area contributed by atoms with E-state index in [0.29, 0.717) is 31.1 Å². The first kappa shape index (κ1) is 21.3. The molecule has 1 N–H and O–H groups in total. The summed E-state index contributed by atoms with van der Waals surface area (Å²) in [5, 5.41) is 5.67. The van der Waals surface area contributed by atoms with Crippen LogP contribution in [0.1, 0.15) is 28.9 Å². The lowest BCUT2D eigenvalue weighted by Crippen LogP contribution is -2.41. The number of hydrogen-bond acceptors (Lipinski definition) is 4. The van der Waals surface area contributed by atoms with Crippen molar-refractivity contribution < 1.29 is 9.59 Å². The molecule has 5 nitrogen and oxygen atoms in total. The summed E-state index contributed by atoms with van der Waals surface area (Å²) in [7, 11) is 0. The molecule has 0 unspecified atom stereocenters. The van der Waals surface area contributed by atoms with Crippen molar-refractivity contribution in [1.82, 2.24) is 9.88 Å². The molecule has 1 aromatic heterocycles. The highest BCUT2D eigenvalue weighted by molar-refractivity contribution is 7.19. The molecule has 1 aliphatic heterocycles. The van der Waals surface area contributed by atoms with E-state index in [1.165, 1.54) is 11.3 Å². The zero-order valence-corrected chi connectivity index (χ0v) is 19.3. The third-order valence-electron chi connectivity index (χ3n) is 6.24. The van der Waals surface area contributed by atoms with E-state index in [1.54, 1.807) is 0 Å². The molecule has 1 saturated heterocycles. The average Bonchev–Trinajstić information content (AvgIpc) is 3.23. The summed E-state index contributed by atoms with van der Waals surface area (Å²) in [6, 6.07) is 23.9. The zero-order valence-electron chi connectivity index (χ0n) is 18.5. The van der Waals surface area contributed by atoms with Crippen molar-refractivity contribution in [2.75, 3.05) is 18.4 Å². The van der Waals surface area contributed by atoms with E-state index in [2.05, 4.69) is 22.4 Å². The van der Waals surface area contributed by atoms with E-state index in [-0.39, 0.29) is 17.7 Å². The fourth-order valence-corrected chi connectivity index (χ4v) is 5.42. The fourth-order valence-electron chi connectivity index (χ4n) is 4.44. The van der Waals surface area contributed by atoms with E-state index in [0.717, 1.165) is 32.5 Å². The number of hydrogen-bond donors (Lipinski definition) is 1. The number of piperidine rings is 1. The summed E-state index contributed by atoms with van der Waals surface area (Å²) in [5.41, 5.74) is 2.74. The molecule has 5 rings (SSSR count). The number of thiazole rings is 1. The van der Waals surface area contributed by atoms with Crippen molar-refractivity contribution in [3.05, 3.63) is 84.1 Å². The molecule has 166 valence electrons. The van der Waals surface area contributed by atoms with E-state index in [9.17, 15) is 9.59 Å². The molecular weight excluding hydrogens is 430 g/mol. The maximum absolute atomic E-state index is 13.2. The van der Waals surface area contributed by atoms with E-state index in [1.807, 2.05) is 72.5 Å². The SMILES string of the molecule is Cc1nc(NC(=O)C2CCN(C(=O)c3cccc4ccccc34)CC2)sc1-c1ccccc1. The lowest BCUT2D eigenvalue weighted by molar-refractivity contribution is -0.121. The van der Waals surface area contributed by atoms with Crippen LogP contribution in [0.4, 0.5) is 5.13 Å². The molecule has 0 aliphatic carbocycles. The molecule has 2 heterocycles. The zero-order chi connectivity index (χ0) is 22.8. The number of amides is 2. The van der Waals surface area contributed by atoms with Crippen LogP contribution in [0.15, 0.2) is 72.8 Å². The van der Waals surface area contributed by atoms with Gasteiger partial charge in [-0.1, -0.05) is 78.1 Å². The monoisotopic (exact) mass is 455 g/mol. The smallest absolute Gasteiger partial charge is 0.254 e. The number of benzene rings is 3. The van der Waals surface area contributed by atoms with Crippen LogP contribution in [0.2, 0.25) is 0 Å². The highest BCUT2D eigenvalue weighted by Gasteiger charge is 2.29. The third kappa shape index (κ3) is 4.39. The molecule has 1 fully saturated rings. The van der Waals surface area contributed by atoms with Crippen LogP contribution in [-0.2, 0) is 4.79 Å². The minimum Gasteiger partial charge on any atom is -0.339 e. The van der Waals surface area contributed by atoms with Gasteiger partial charge >= 0.3 is 0 Å². The molecule has 4 aromatic rings. The van der Waals surface area contributed by atoms with Crippen molar-refractivity contribution in [1.29, 1.82) is 0 Å². The quantitative estimate of drug-likeness (QED) is 0.425. The average molecular weight is 456 g/mol. The molecule has 2 amide bonds. The second-order valence-electron chi connectivity index (χ2n) is 8.38. The first-order valence-corrected chi connectivity index (χ1v) is 12.0. The Morgan fingerprint density at radius 1 is 0.939 bits per heavy atom. The fraction of sp³-hybridized carbons (Fsp3) is 0.222. The Morgan fingerprint density at radius 3 is 2.42 bits per heavy atom. The van der Waals surface area contributed by atoms with Gasteiger partial charge in [0.25, 0.3) is 5.91 Å². The van der Waals surface area contributed by atoms with Crippen LogP contribution in [-0.4, -0.2) is 34.8 Å². The number of anilines is 1. The third-order valence-corrected chi connectivity index (χ3v) is 7.36. The molecule has 6 heteroatoms. The molecule has 0 radical (unpaired) electrons. The van der Waals surface area contributed by atoms with Gasteiger partial charge in [0, 0.05) is 24.6 Å². The van der Waals surface area contributed by atoms with Crippen LogP contribution >= 0.6 is 11.3 Å². The Kier molecular flexibility index (Phi) is 5.92. The van der Waals surface area contributed by atoms with Crippen molar-refractivity contribution >= 4 is 39.1 Å². The van der Waals surface area contributed by atoms with Gasteiger partial charge in [-0.05, 0) is 42.2 Å². The maximum atomic E-state index is 13.2. The minimum atomic E-state index is -0.119. The lowest BCUT2D eigenvalue weighted by Gasteiger charge is -2.31. The first-order chi connectivity index (χ1) is 16.1. The van der Waals surface area contributed by atoms with Crippen LogP contribution in [0, 0.1) is 12.8 Å². The number of likely N-dealkylation sites (tertiary alicyclic amines) is 1. The summed E-state index contributed by atoms with van der Waals surface area (Å²) in [4.78, 5) is 33.6. The standard InChI is InChI=1S/C27H25N3O2S/c1-18-24(20-9-3-2-4-10-20)33-27(28-18)29-25(31)21-14-16-30(17-15-21)26(32)23-13-7-11-19-8-5-6-12-22(19)23/h2-13,21H,14-17H2,1H3,(H,28,29,31). The predicted molar refractivity (Wildman–Crippen MR) is 133 cm³/mol. The number of aromatic nitrogens is 1. The Morgan fingerprint density at radius 2 is 1.64 bits per heavy atom. The second kappa shape index (κ2) is 9.16. The van der Waals surface area contributed by atoms with Crippen molar-refractivity contribution in [2.24, 2.45) is 5.92 Å². The van der Waals surface area contributed by atoms with Gasteiger partial charge < -0.3 is 10.2 Å². The van der Waals surface area contributed by atoms with Crippen LogP contribution < -0.4 is 5.32 Å². The summed E-state index contributed by atoms with van der Waals surface area (Å²) < 4.78 is 0. The number of nitrogens with one attached hydrogen (secondary N) is 1. The highest BCUT2D eigenvalue weighted by Crippen LogP contribution is 2.33. The van der Waals surface area contributed by atoms with E-state index < -0.39 is 0 Å². The molecule has 0 bridgehead atoms. The van der Waals surface area contributed by atoms with Gasteiger partial charge in [-0.2, -0.15) is 0 Å². The van der Waals surface area contributed by atoms with E-state index in [4.69, 9.17) is 0 Å². The van der Waals surface area contributed by atoms with Gasteiger partial charge in [-0.25, -0.2) is 4.98 Å². The molecule has 0 saturated carbocycles. The number of nitrogens with zero attached hydrogens (tertiary/aromatic N) is 2. The maximum Gasteiger partial charge on any atom is 0.254 e. The van der Waals surface area contributed by atoms with Gasteiger partial charge in [-0.15, -0.1) is 0 Å². The van der Waals surface area contributed by atoms with E-state index >= 15 is 0 Å². The van der Waals surface area contributed by atoms with Gasteiger partial charge in [0.05, 0.1) is 10.6 Å². The second-order valence-corrected chi connectivity index (χ2v) is 9.38. The van der Waals surface area contributed by atoms with Crippen LogP contribution in [0.3, 0.4) is 0 Å². The summed E-state index contributed by atoms with van der Waals surface area (Å²) >= 11 is 1.50. The predicted octanol–water partition coefficient (Wildman–Crippen LogP) is 5.76. The Bertz CT molecular complexity index is 1300. The van der Waals surface area contributed by atoms with Crippen molar-refractivity contribution in [2.45, 2.75) is 19.8 Å². The number of rotatable bonds is 4. The van der Waals surface area contributed by atoms with Crippen molar-refractivity contribution in [3.8, 4) is 10.4 Å². The Balaban J connectivity index is 1.22. The van der Waals surface area contributed by atoms with Crippen LogP contribution in [0.25, 0.3) is 21.2 Å². The molecule has 0 spiro atoms. The molecule has 0 atom stereocenters. The minimum absolute atomic E-state index is 0.0133. The van der Waals surface area contributed by atoms with Gasteiger partial charge in [0.1, 0.15) is 0 Å². The topological polar surface area (TPSA) is 62.3 Å². The summed E-state index contributed by atoms with van der Waals surface area (Å²) in [6.07, 6.45) is 1.30. The molecule has 33 heavy (non-hydrogen) atoms. The van der Waals surface area contributed by atoms with Crippen LogP contribution in [0.5, 0.6) is 0 Å². The number of aryl methyl sites for hydroxylation is 1. The highest BCUT2D eigenvalue weighted by atomic mass is 32.1. The Hall–Kier alpha value is -3.51. The molecular formula is C27H25N3O2S.